The van der Waals surface area contributed by atoms with Crippen molar-refractivity contribution in [2.75, 3.05) is 13.1 Å². The van der Waals surface area contributed by atoms with Crippen LogP contribution in [0.15, 0.2) is 0 Å². The Morgan fingerprint density at radius 1 is 0.923 bits per heavy atom. The van der Waals surface area contributed by atoms with Crippen molar-refractivity contribution < 1.29 is 9.59 Å². The van der Waals surface area contributed by atoms with Gasteiger partial charge in [-0.1, -0.05) is 38.5 Å². The molecule has 0 radical (unpaired) electrons. The zero-order valence-corrected chi connectivity index (χ0v) is 16.3. The van der Waals surface area contributed by atoms with Crippen LogP contribution in [-0.4, -0.2) is 35.8 Å². The third-order valence-corrected chi connectivity index (χ3v) is 7.59. The minimum Gasteiger partial charge on any atom is -0.353 e. The Kier molecular flexibility index (Phi) is 5.56. The molecular formula is C22H36N2O2. The van der Waals surface area contributed by atoms with E-state index in [9.17, 15) is 9.59 Å². The first-order valence-corrected chi connectivity index (χ1v) is 11.2. The predicted octanol–water partition coefficient (Wildman–Crippen LogP) is 4.03. The molecule has 3 saturated carbocycles. The molecule has 1 aliphatic heterocycles. The molecule has 1 unspecified atom stereocenters. The minimum atomic E-state index is 0.232. The van der Waals surface area contributed by atoms with Crippen LogP contribution in [0.4, 0.5) is 0 Å². The second-order valence-electron chi connectivity index (χ2n) is 9.55. The maximum atomic E-state index is 13.1. The summed E-state index contributed by atoms with van der Waals surface area (Å²) in [4.78, 5) is 27.5. The molecule has 1 heterocycles. The lowest BCUT2D eigenvalue weighted by Gasteiger charge is -2.38. The van der Waals surface area contributed by atoms with Crippen molar-refractivity contribution in [3.8, 4) is 0 Å². The fourth-order valence-electron chi connectivity index (χ4n) is 5.86. The zero-order chi connectivity index (χ0) is 18.0. The average Bonchev–Trinajstić information content (AvgIpc) is 3.42. The van der Waals surface area contributed by atoms with Crippen molar-refractivity contribution in [1.29, 1.82) is 0 Å². The van der Waals surface area contributed by atoms with Crippen molar-refractivity contribution >= 4 is 11.8 Å². The molecule has 0 aromatic heterocycles. The number of amides is 2. The monoisotopic (exact) mass is 360 g/mol. The molecule has 146 valence electrons. The van der Waals surface area contributed by atoms with Crippen molar-refractivity contribution in [3.05, 3.63) is 0 Å². The third-order valence-electron chi connectivity index (χ3n) is 7.59. The fraction of sp³-hybridized carbons (Fsp3) is 0.909. The van der Waals surface area contributed by atoms with Crippen LogP contribution in [-0.2, 0) is 9.59 Å². The lowest BCUT2D eigenvalue weighted by atomic mass is 9.66. The molecule has 4 rings (SSSR count). The predicted molar refractivity (Wildman–Crippen MR) is 103 cm³/mol. The van der Waals surface area contributed by atoms with E-state index in [-0.39, 0.29) is 11.8 Å². The Hall–Kier alpha value is -1.06. The van der Waals surface area contributed by atoms with Gasteiger partial charge < -0.3 is 10.2 Å². The number of nitrogens with one attached hydrogen (secondary N) is 1. The van der Waals surface area contributed by atoms with Crippen LogP contribution in [0.1, 0.15) is 89.9 Å². The van der Waals surface area contributed by atoms with Gasteiger partial charge in [-0.25, -0.2) is 0 Å². The molecule has 4 nitrogen and oxygen atoms in total. The molecule has 2 amide bonds. The number of nitrogens with zero attached hydrogens (tertiary/aromatic N) is 1. The Morgan fingerprint density at radius 2 is 1.62 bits per heavy atom. The molecule has 4 heteroatoms. The van der Waals surface area contributed by atoms with E-state index >= 15 is 0 Å². The highest BCUT2D eigenvalue weighted by Gasteiger charge is 2.48. The van der Waals surface area contributed by atoms with Crippen molar-refractivity contribution in [2.24, 2.45) is 17.3 Å². The Morgan fingerprint density at radius 3 is 2.31 bits per heavy atom. The van der Waals surface area contributed by atoms with E-state index in [4.69, 9.17) is 0 Å². The lowest BCUT2D eigenvalue weighted by molar-refractivity contribution is -0.136. The van der Waals surface area contributed by atoms with Gasteiger partial charge in [0.2, 0.25) is 11.8 Å². The normalized spacial score (nSPS) is 29.1. The van der Waals surface area contributed by atoms with E-state index in [1.807, 2.05) is 0 Å². The van der Waals surface area contributed by atoms with Gasteiger partial charge in [-0.2, -0.15) is 0 Å². The number of hydrogen-bond donors (Lipinski definition) is 1. The molecule has 1 N–H and O–H groups in total. The highest BCUT2D eigenvalue weighted by atomic mass is 16.2. The maximum absolute atomic E-state index is 13.1. The molecule has 26 heavy (non-hydrogen) atoms. The second-order valence-corrected chi connectivity index (χ2v) is 9.55. The van der Waals surface area contributed by atoms with E-state index < -0.39 is 0 Å². The van der Waals surface area contributed by atoms with Gasteiger partial charge in [0.1, 0.15) is 0 Å². The van der Waals surface area contributed by atoms with Crippen LogP contribution < -0.4 is 5.32 Å². The topological polar surface area (TPSA) is 49.4 Å². The van der Waals surface area contributed by atoms with Gasteiger partial charge in [0.15, 0.2) is 0 Å². The average molecular weight is 361 g/mol. The largest absolute Gasteiger partial charge is 0.353 e. The Labute approximate surface area is 158 Å². The summed E-state index contributed by atoms with van der Waals surface area (Å²) in [6.07, 6.45) is 16.3. The van der Waals surface area contributed by atoms with E-state index in [0.717, 1.165) is 45.2 Å². The Balaban J connectivity index is 1.38. The smallest absolute Gasteiger partial charge is 0.225 e. The molecule has 1 atom stereocenters. The molecular weight excluding hydrogens is 324 g/mol. The van der Waals surface area contributed by atoms with Gasteiger partial charge >= 0.3 is 0 Å². The molecule has 1 spiro atoms. The number of likely N-dealkylation sites (tertiary alicyclic amines) is 1. The standard InChI is InChI=1S/C22H36N2O2/c25-20(23-19-10-11-19)12-9-18-15-24(16-22(18)13-5-2-6-14-22)21(26)17-7-3-1-4-8-17/h17-19H,1-16H2,(H,23,25). The summed E-state index contributed by atoms with van der Waals surface area (Å²) in [6, 6.07) is 0.457. The SMILES string of the molecule is O=C(CCC1CN(C(=O)C2CCCCC2)CC12CCCCC2)NC1CC1. The quantitative estimate of drug-likeness (QED) is 0.804. The van der Waals surface area contributed by atoms with Crippen molar-refractivity contribution in [2.45, 2.75) is 95.9 Å². The minimum absolute atomic E-state index is 0.232. The zero-order valence-electron chi connectivity index (χ0n) is 16.3. The second kappa shape index (κ2) is 7.90. The molecule has 3 aliphatic carbocycles. The summed E-state index contributed by atoms with van der Waals surface area (Å²) in [5.74, 6) is 1.47. The van der Waals surface area contributed by atoms with Gasteiger partial charge in [0, 0.05) is 31.5 Å². The van der Waals surface area contributed by atoms with Crippen LogP contribution in [0, 0.1) is 17.3 Å². The Bertz CT molecular complexity index is 516. The highest BCUT2D eigenvalue weighted by molar-refractivity contribution is 5.79. The summed E-state index contributed by atoms with van der Waals surface area (Å²) in [6.45, 7) is 1.88. The molecule has 0 aromatic carbocycles. The number of rotatable bonds is 5. The van der Waals surface area contributed by atoms with Crippen LogP contribution in [0.2, 0.25) is 0 Å². The maximum Gasteiger partial charge on any atom is 0.225 e. The highest BCUT2D eigenvalue weighted by Crippen LogP contribution is 2.49. The van der Waals surface area contributed by atoms with Gasteiger partial charge in [-0.3, -0.25) is 9.59 Å². The van der Waals surface area contributed by atoms with E-state index in [2.05, 4.69) is 10.2 Å². The summed E-state index contributed by atoms with van der Waals surface area (Å²) in [7, 11) is 0. The lowest BCUT2D eigenvalue weighted by Crippen LogP contribution is -2.38. The van der Waals surface area contributed by atoms with Crippen LogP contribution in [0.3, 0.4) is 0 Å². The first kappa shape index (κ1) is 18.3. The van der Waals surface area contributed by atoms with E-state index in [0.29, 0.717) is 29.7 Å². The first-order chi connectivity index (χ1) is 12.7. The molecule has 4 aliphatic rings. The summed E-state index contributed by atoms with van der Waals surface area (Å²) < 4.78 is 0. The molecule has 0 bridgehead atoms. The summed E-state index contributed by atoms with van der Waals surface area (Å²) in [5, 5.41) is 3.14. The van der Waals surface area contributed by atoms with Gasteiger partial charge in [-0.05, 0) is 56.3 Å². The van der Waals surface area contributed by atoms with Crippen molar-refractivity contribution in [3.63, 3.8) is 0 Å². The molecule has 4 fully saturated rings. The number of carbonyl (C=O) groups excluding carboxylic acids is 2. The van der Waals surface area contributed by atoms with Crippen LogP contribution >= 0.6 is 0 Å². The summed E-state index contributed by atoms with van der Waals surface area (Å²) >= 11 is 0. The summed E-state index contributed by atoms with van der Waals surface area (Å²) in [5.41, 5.74) is 0.308. The van der Waals surface area contributed by atoms with E-state index in [1.54, 1.807) is 0 Å². The molecule has 0 aromatic rings. The van der Waals surface area contributed by atoms with Crippen LogP contribution in [0.25, 0.3) is 0 Å². The van der Waals surface area contributed by atoms with Crippen LogP contribution in [0.5, 0.6) is 0 Å². The number of hydrogen-bond acceptors (Lipinski definition) is 2. The fourth-order valence-corrected chi connectivity index (χ4v) is 5.86. The van der Waals surface area contributed by atoms with E-state index in [1.165, 1.54) is 51.4 Å². The molecule has 1 saturated heterocycles. The number of carbonyl (C=O) groups is 2. The van der Waals surface area contributed by atoms with Gasteiger partial charge in [0.25, 0.3) is 0 Å². The van der Waals surface area contributed by atoms with Gasteiger partial charge in [0.05, 0.1) is 0 Å². The third kappa shape index (κ3) is 4.09. The van der Waals surface area contributed by atoms with Crippen molar-refractivity contribution in [1.82, 2.24) is 10.2 Å². The van der Waals surface area contributed by atoms with Gasteiger partial charge in [-0.15, -0.1) is 0 Å². The first-order valence-electron chi connectivity index (χ1n) is 11.2.